The minimum atomic E-state index is -0.354. The predicted octanol–water partition coefficient (Wildman–Crippen LogP) is 3.52. The summed E-state index contributed by atoms with van der Waals surface area (Å²) in [6.45, 7) is 1.82. The van der Waals surface area contributed by atoms with Crippen LogP contribution >= 0.6 is 12.4 Å². The molecule has 0 saturated heterocycles. The van der Waals surface area contributed by atoms with Crippen molar-refractivity contribution >= 4 is 24.1 Å². The van der Waals surface area contributed by atoms with Gasteiger partial charge in [-0.1, -0.05) is 12.1 Å². The Labute approximate surface area is 118 Å². The van der Waals surface area contributed by atoms with Crippen molar-refractivity contribution in [3.05, 3.63) is 30.1 Å². The highest BCUT2D eigenvalue weighted by molar-refractivity contribution is 5.85. The first-order chi connectivity index (χ1) is 8.61. The van der Waals surface area contributed by atoms with E-state index in [0.29, 0.717) is 25.9 Å². The zero-order valence-electron chi connectivity index (χ0n) is 10.9. The van der Waals surface area contributed by atoms with E-state index >= 15 is 0 Å². The molecule has 19 heavy (non-hydrogen) atoms. The van der Waals surface area contributed by atoms with Gasteiger partial charge >= 0.3 is 5.97 Å². The number of anilines is 1. The van der Waals surface area contributed by atoms with Gasteiger partial charge in [0.1, 0.15) is 5.82 Å². The number of alkyl halides is 1. The number of hydrogen-bond donors (Lipinski definition) is 1. The van der Waals surface area contributed by atoms with Crippen LogP contribution in [0.15, 0.2) is 24.3 Å². The van der Waals surface area contributed by atoms with E-state index in [0.717, 1.165) is 0 Å². The van der Waals surface area contributed by atoms with Crippen molar-refractivity contribution in [3.63, 3.8) is 0 Å². The maximum absolute atomic E-state index is 12.2. The van der Waals surface area contributed by atoms with E-state index in [1.807, 2.05) is 0 Å². The van der Waals surface area contributed by atoms with Crippen molar-refractivity contribution in [2.45, 2.75) is 26.2 Å². The van der Waals surface area contributed by atoms with Gasteiger partial charge in [-0.2, -0.15) is 0 Å². The summed E-state index contributed by atoms with van der Waals surface area (Å²) in [6.07, 6.45) is 1.39. The lowest BCUT2D eigenvalue weighted by molar-refractivity contribution is -0.143. The van der Waals surface area contributed by atoms with E-state index in [-0.39, 0.29) is 36.6 Å². The Bertz CT molecular complexity index is 330. The third-order valence-corrected chi connectivity index (χ3v) is 1.98. The van der Waals surface area contributed by atoms with Gasteiger partial charge in [0.2, 0.25) is 0 Å². The molecule has 1 aromatic carbocycles. The van der Waals surface area contributed by atoms with Gasteiger partial charge in [0.15, 0.2) is 0 Å². The van der Waals surface area contributed by atoms with Crippen molar-refractivity contribution in [1.29, 1.82) is 0 Å². The minimum absolute atomic E-state index is 0. The molecule has 0 aromatic heterocycles. The molecule has 0 saturated carbocycles. The summed E-state index contributed by atoms with van der Waals surface area (Å²) in [5, 5.41) is 0. The zero-order chi connectivity index (χ0) is 13.8. The Balaban J connectivity index is 0. The number of para-hydroxylation sites is 1. The minimum Gasteiger partial charge on any atom is -0.466 e. The summed E-state index contributed by atoms with van der Waals surface area (Å²) in [5.41, 5.74) is 5.35. The van der Waals surface area contributed by atoms with Gasteiger partial charge in [0, 0.05) is 6.42 Å². The van der Waals surface area contributed by atoms with Crippen LogP contribution in [0.1, 0.15) is 26.2 Å². The SMILES string of the molecule is CCOC(=O)CCCCF.Cl.Nc1ccccc1F. The second kappa shape index (κ2) is 13.1. The third-order valence-electron chi connectivity index (χ3n) is 1.98. The summed E-state index contributed by atoms with van der Waals surface area (Å²) < 4.78 is 28.3. The summed E-state index contributed by atoms with van der Waals surface area (Å²) >= 11 is 0. The average Bonchev–Trinajstić information content (AvgIpc) is 2.35. The van der Waals surface area contributed by atoms with E-state index in [9.17, 15) is 13.6 Å². The maximum atomic E-state index is 12.2. The molecule has 1 rings (SSSR count). The summed E-state index contributed by atoms with van der Waals surface area (Å²) in [6, 6.07) is 6.15. The van der Waals surface area contributed by atoms with Crippen molar-refractivity contribution in [2.24, 2.45) is 0 Å². The fraction of sp³-hybridized carbons (Fsp3) is 0.462. The number of hydrogen-bond acceptors (Lipinski definition) is 3. The zero-order valence-corrected chi connectivity index (χ0v) is 11.7. The van der Waals surface area contributed by atoms with Gasteiger partial charge in [0.05, 0.1) is 19.0 Å². The van der Waals surface area contributed by atoms with Crippen LogP contribution in [0.2, 0.25) is 0 Å². The van der Waals surface area contributed by atoms with E-state index < -0.39 is 0 Å². The average molecular weight is 296 g/mol. The molecule has 1 aromatic rings. The number of carbonyl (C=O) groups is 1. The van der Waals surface area contributed by atoms with Crippen LogP contribution in [0.4, 0.5) is 14.5 Å². The number of nitrogens with two attached hydrogens (primary N) is 1. The molecule has 0 unspecified atom stereocenters. The lowest BCUT2D eigenvalue weighted by Crippen LogP contribution is -2.03. The van der Waals surface area contributed by atoms with Crippen LogP contribution in [0.5, 0.6) is 0 Å². The molecule has 3 nitrogen and oxygen atoms in total. The molecule has 0 bridgehead atoms. The van der Waals surface area contributed by atoms with Crippen molar-refractivity contribution < 1.29 is 18.3 Å². The van der Waals surface area contributed by atoms with Gasteiger partial charge in [-0.25, -0.2) is 4.39 Å². The molecular weight excluding hydrogens is 276 g/mol. The number of halogens is 3. The molecule has 110 valence electrons. The van der Waals surface area contributed by atoms with Crippen LogP contribution in [0, 0.1) is 5.82 Å². The van der Waals surface area contributed by atoms with Crippen LogP contribution in [-0.2, 0) is 9.53 Å². The van der Waals surface area contributed by atoms with Crippen LogP contribution in [0.25, 0.3) is 0 Å². The van der Waals surface area contributed by atoms with Gasteiger partial charge < -0.3 is 10.5 Å². The van der Waals surface area contributed by atoms with Crippen molar-refractivity contribution in [1.82, 2.24) is 0 Å². The standard InChI is InChI=1S/C7H13FO2.C6H6FN.ClH/c1-2-10-7(9)5-3-4-6-8;7-5-3-1-2-4-6(5)8;/h2-6H2,1H3;1-4H,8H2;1H. The highest BCUT2D eigenvalue weighted by Crippen LogP contribution is 2.05. The molecule has 0 heterocycles. The van der Waals surface area contributed by atoms with Crippen LogP contribution in [0.3, 0.4) is 0 Å². The van der Waals surface area contributed by atoms with E-state index in [1.54, 1.807) is 19.1 Å². The highest BCUT2D eigenvalue weighted by Gasteiger charge is 1.99. The lowest BCUT2D eigenvalue weighted by Gasteiger charge is -1.98. The molecule has 2 N–H and O–H groups in total. The van der Waals surface area contributed by atoms with Gasteiger partial charge in [-0.05, 0) is 31.9 Å². The van der Waals surface area contributed by atoms with Crippen molar-refractivity contribution in [2.75, 3.05) is 19.0 Å². The number of ether oxygens (including phenoxy) is 1. The molecule has 0 aliphatic rings. The second-order valence-corrected chi connectivity index (χ2v) is 3.47. The fourth-order valence-corrected chi connectivity index (χ4v) is 1.07. The molecule has 0 amide bonds. The topological polar surface area (TPSA) is 52.3 Å². The first kappa shape index (κ1) is 20.0. The lowest BCUT2D eigenvalue weighted by atomic mass is 10.2. The second-order valence-electron chi connectivity index (χ2n) is 3.47. The Morgan fingerprint density at radius 2 is 1.95 bits per heavy atom. The summed E-state index contributed by atoms with van der Waals surface area (Å²) in [4.78, 5) is 10.6. The normalized spacial score (nSPS) is 8.79. The number of rotatable bonds is 5. The number of benzene rings is 1. The van der Waals surface area contributed by atoms with Crippen LogP contribution < -0.4 is 5.73 Å². The van der Waals surface area contributed by atoms with E-state index in [1.165, 1.54) is 12.1 Å². The maximum Gasteiger partial charge on any atom is 0.305 e. The monoisotopic (exact) mass is 295 g/mol. The molecule has 6 heteroatoms. The van der Waals surface area contributed by atoms with Gasteiger partial charge in [0.25, 0.3) is 0 Å². The number of unbranched alkanes of at least 4 members (excludes halogenated alkanes) is 1. The molecule has 0 fully saturated rings. The number of carbonyl (C=O) groups excluding carboxylic acids is 1. The molecule has 0 atom stereocenters. The number of esters is 1. The van der Waals surface area contributed by atoms with Crippen molar-refractivity contribution in [3.8, 4) is 0 Å². The first-order valence-corrected chi connectivity index (χ1v) is 5.83. The Hall–Kier alpha value is -1.36. The molecule has 0 aliphatic heterocycles. The molecule has 0 aliphatic carbocycles. The van der Waals surface area contributed by atoms with E-state index in [2.05, 4.69) is 4.74 Å². The fourth-order valence-electron chi connectivity index (χ4n) is 1.07. The summed E-state index contributed by atoms with van der Waals surface area (Å²) in [5.74, 6) is -0.580. The van der Waals surface area contributed by atoms with Crippen LogP contribution in [-0.4, -0.2) is 19.3 Å². The third kappa shape index (κ3) is 11.5. The highest BCUT2D eigenvalue weighted by atomic mass is 35.5. The predicted molar refractivity (Wildman–Crippen MR) is 74.5 cm³/mol. The first-order valence-electron chi connectivity index (χ1n) is 5.83. The van der Waals surface area contributed by atoms with Gasteiger partial charge in [-0.3, -0.25) is 9.18 Å². The van der Waals surface area contributed by atoms with Gasteiger partial charge in [-0.15, -0.1) is 12.4 Å². The molecule has 0 spiro atoms. The Morgan fingerprint density at radius 3 is 2.37 bits per heavy atom. The Morgan fingerprint density at radius 1 is 1.32 bits per heavy atom. The quantitative estimate of drug-likeness (QED) is 0.514. The molecular formula is C13H20ClF2NO2. The summed E-state index contributed by atoms with van der Waals surface area (Å²) in [7, 11) is 0. The van der Waals surface area contributed by atoms with E-state index in [4.69, 9.17) is 5.73 Å². The molecule has 0 radical (unpaired) electrons. The Kier molecular flexibility index (Phi) is 13.7. The largest absolute Gasteiger partial charge is 0.466 e. The smallest absolute Gasteiger partial charge is 0.305 e. The number of nitrogen functional groups attached to an aromatic ring is 1.